The lowest BCUT2D eigenvalue weighted by Crippen LogP contribution is -1.91. The summed E-state index contributed by atoms with van der Waals surface area (Å²) in [6, 6.07) is 15.3. The Hall–Kier alpha value is -1.80. The van der Waals surface area contributed by atoms with Crippen LogP contribution < -0.4 is 4.74 Å². The molecule has 0 aliphatic rings. The highest BCUT2D eigenvalue weighted by Crippen LogP contribution is 2.26. The number of rotatable bonds is 4. The molecule has 2 nitrogen and oxygen atoms in total. The van der Waals surface area contributed by atoms with Crippen molar-refractivity contribution < 1.29 is 4.74 Å². The van der Waals surface area contributed by atoms with E-state index >= 15 is 0 Å². The number of benzene rings is 2. The zero-order valence-electron chi connectivity index (χ0n) is 10.1. The van der Waals surface area contributed by atoms with E-state index in [0.29, 0.717) is 6.61 Å². The molecule has 18 heavy (non-hydrogen) atoms. The van der Waals surface area contributed by atoms with Crippen LogP contribution in [0.25, 0.3) is 0 Å². The summed E-state index contributed by atoms with van der Waals surface area (Å²) in [6.45, 7) is 2.59. The van der Waals surface area contributed by atoms with Gasteiger partial charge in [-0.25, -0.2) is 0 Å². The molecule has 0 fully saturated rings. The van der Waals surface area contributed by atoms with Gasteiger partial charge in [-0.15, -0.1) is 0 Å². The van der Waals surface area contributed by atoms with Crippen LogP contribution >= 0.6 is 11.6 Å². The minimum Gasteiger partial charge on any atom is -0.492 e. The van der Waals surface area contributed by atoms with Gasteiger partial charge in [0, 0.05) is 11.2 Å². The van der Waals surface area contributed by atoms with Crippen LogP contribution in [0.1, 0.15) is 12.5 Å². The average molecular weight is 260 g/mol. The van der Waals surface area contributed by atoms with Crippen molar-refractivity contribution in [3.63, 3.8) is 0 Å². The lowest BCUT2D eigenvalue weighted by Gasteiger charge is -2.05. The monoisotopic (exact) mass is 259 g/mol. The van der Waals surface area contributed by atoms with Crippen LogP contribution in [0.5, 0.6) is 5.75 Å². The van der Waals surface area contributed by atoms with E-state index in [2.05, 4.69) is 4.99 Å². The number of nitrogens with zero attached hydrogens (tertiary/aromatic N) is 1. The van der Waals surface area contributed by atoms with E-state index in [0.717, 1.165) is 22.0 Å². The van der Waals surface area contributed by atoms with E-state index in [-0.39, 0.29) is 0 Å². The Balaban J connectivity index is 2.20. The summed E-state index contributed by atoms with van der Waals surface area (Å²) in [4.78, 5) is 4.43. The van der Waals surface area contributed by atoms with E-state index in [1.807, 2.05) is 55.5 Å². The summed E-state index contributed by atoms with van der Waals surface area (Å²) in [5.41, 5.74) is 1.83. The minimum absolute atomic E-state index is 0.632. The zero-order chi connectivity index (χ0) is 12.8. The lowest BCUT2D eigenvalue weighted by molar-refractivity contribution is 0.341. The Labute approximate surface area is 112 Å². The van der Waals surface area contributed by atoms with Crippen molar-refractivity contribution in [2.45, 2.75) is 6.92 Å². The predicted octanol–water partition coefficient (Wildman–Crippen LogP) is 4.49. The van der Waals surface area contributed by atoms with Crippen molar-refractivity contribution in [2.75, 3.05) is 6.61 Å². The van der Waals surface area contributed by atoms with Crippen LogP contribution in [0.15, 0.2) is 53.5 Å². The minimum atomic E-state index is 0.632. The van der Waals surface area contributed by atoms with Crippen LogP contribution in [0, 0.1) is 0 Å². The summed E-state index contributed by atoms with van der Waals surface area (Å²) < 4.78 is 5.51. The fourth-order valence-electron chi connectivity index (χ4n) is 1.53. The number of halogens is 1. The first-order valence-corrected chi connectivity index (χ1v) is 6.19. The summed E-state index contributed by atoms with van der Waals surface area (Å²) in [5, 5.41) is 0.724. The molecule has 2 aromatic carbocycles. The molecule has 0 aliphatic carbocycles. The van der Waals surface area contributed by atoms with E-state index in [1.165, 1.54) is 0 Å². The average Bonchev–Trinajstić information content (AvgIpc) is 2.40. The molecular formula is C15H14ClNO. The predicted molar refractivity (Wildman–Crippen MR) is 76.3 cm³/mol. The van der Waals surface area contributed by atoms with Crippen molar-refractivity contribution in [2.24, 2.45) is 4.99 Å². The molecule has 0 heterocycles. The third kappa shape index (κ3) is 3.34. The van der Waals surface area contributed by atoms with E-state index in [1.54, 1.807) is 6.21 Å². The normalized spacial score (nSPS) is 10.8. The number of para-hydroxylation sites is 2. The first-order chi connectivity index (χ1) is 8.79. The molecule has 0 saturated carbocycles. The number of hydrogen-bond donors (Lipinski definition) is 0. The second-order valence-corrected chi connectivity index (χ2v) is 4.15. The van der Waals surface area contributed by atoms with Crippen LogP contribution in [-0.2, 0) is 0 Å². The van der Waals surface area contributed by atoms with E-state index in [4.69, 9.17) is 16.3 Å². The smallest absolute Gasteiger partial charge is 0.144 e. The van der Waals surface area contributed by atoms with Crippen LogP contribution in [0.3, 0.4) is 0 Å². The van der Waals surface area contributed by atoms with Crippen molar-refractivity contribution >= 4 is 23.5 Å². The molecule has 2 rings (SSSR count). The number of ether oxygens (including phenoxy) is 1. The molecule has 0 amide bonds. The molecule has 0 saturated heterocycles. The van der Waals surface area contributed by atoms with Crippen LogP contribution in [-0.4, -0.2) is 12.8 Å². The fraction of sp³-hybridized carbons (Fsp3) is 0.133. The van der Waals surface area contributed by atoms with Gasteiger partial charge in [0.2, 0.25) is 0 Å². The number of hydrogen-bond acceptors (Lipinski definition) is 2. The number of aliphatic imine (C=N–C) groups is 1. The summed E-state index contributed by atoms with van der Waals surface area (Å²) in [7, 11) is 0. The Morgan fingerprint density at radius 2 is 1.83 bits per heavy atom. The third-order valence-corrected chi connectivity index (χ3v) is 2.64. The molecule has 3 heteroatoms. The van der Waals surface area contributed by atoms with Gasteiger partial charge < -0.3 is 4.74 Å². The second kappa shape index (κ2) is 6.22. The SMILES string of the molecule is CCOc1ccccc1N=Cc1ccc(Cl)cc1. The highest BCUT2D eigenvalue weighted by Gasteiger charge is 1.99. The van der Waals surface area contributed by atoms with Gasteiger partial charge in [0.15, 0.2) is 0 Å². The summed E-state index contributed by atoms with van der Waals surface area (Å²) >= 11 is 5.83. The molecule has 0 N–H and O–H groups in total. The maximum absolute atomic E-state index is 5.83. The zero-order valence-corrected chi connectivity index (χ0v) is 10.9. The van der Waals surface area contributed by atoms with Crippen LogP contribution in [0.2, 0.25) is 5.02 Å². The molecule has 0 atom stereocenters. The van der Waals surface area contributed by atoms with Crippen molar-refractivity contribution in [3.8, 4) is 5.75 Å². The summed E-state index contributed by atoms with van der Waals surface area (Å²) in [6.07, 6.45) is 1.80. The van der Waals surface area contributed by atoms with Gasteiger partial charge in [0.05, 0.1) is 6.61 Å². The quantitative estimate of drug-likeness (QED) is 0.742. The Morgan fingerprint density at radius 3 is 2.56 bits per heavy atom. The lowest BCUT2D eigenvalue weighted by atomic mass is 10.2. The van der Waals surface area contributed by atoms with Gasteiger partial charge in [-0.1, -0.05) is 35.9 Å². The first kappa shape index (κ1) is 12.7. The molecule has 2 aromatic rings. The molecule has 0 unspecified atom stereocenters. The van der Waals surface area contributed by atoms with Gasteiger partial charge in [-0.2, -0.15) is 0 Å². The van der Waals surface area contributed by atoms with Crippen LogP contribution in [0.4, 0.5) is 5.69 Å². The molecule has 0 spiro atoms. The molecule has 0 aromatic heterocycles. The van der Waals surface area contributed by atoms with Gasteiger partial charge in [-0.3, -0.25) is 4.99 Å². The van der Waals surface area contributed by atoms with Gasteiger partial charge in [-0.05, 0) is 36.8 Å². The molecule has 0 aliphatic heterocycles. The van der Waals surface area contributed by atoms with Gasteiger partial charge in [0.1, 0.15) is 11.4 Å². The van der Waals surface area contributed by atoms with E-state index in [9.17, 15) is 0 Å². The topological polar surface area (TPSA) is 21.6 Å². The first-order valence-electron chi connectivity index (χ1n) is 5.81. The molecule has 0 bridgehead atoms. The van der Waals surface area contributed by atoms with Gasteiger partial charge in [0.25, 0.3) is 0 Å². The maximum Gasteiger partial charge on any atom is 0.144 e. The molecular weight excluding hydrogens is 246 g/mol. The maximum atomic E-state index is 5.83. The second-order valence-electron chi connectivity index (χ2n) is 3.71. The molecule has 0 radical (unpaired) electrons. The van der Waals surface area contributed by atoms with Crippen molar-refractivity contribution in [1.29, 1.82) is 0 Å². The van der Waals surface area contributed by atoms with Crippen molar-refractivity contribution in [1.82, 2.24) is 0 Å². The largest absolute Gasteiger partial charge is 0.492 e. The molecule has 92 valence electrons. The Morgan fingerprint density at radius 1 is 1.11 bits per heavy atom. The van der Waals surface area contributed by atoms with E-state index < -0.39 is 0 Å². The Bertz CT molecular complexity index is 534. The third-order valence-electron chi connectivity index (χ3n) is 2.39. The Kier molecular flexibility index (Phi) is 4.37. The highest BCUT2D eigenvalue weighted by molar-refractivity contribution is 6.30. The fourth-order valence-corrected chi connectivity index (χ4v) is 1.66. The summed E-state index contributed by atoms with van der Waals surface area (Å²) in [5.74, 6) is 0.796. The highest BCUT2D eigenvalue weighted by atomic mass is 35.5. The standard InChI is InChI=1S/C15H14ClNO/c1-2-18-15-6-4-3-5-14(15)17-11-12-7-9-13(16)10-8-12/h3-11H,2H2,1H3. The van der Waals surface area contributed by atoms with Crippen molar-refractivity contribution in [3.05, 3.63) is 59.1 Å². The van der Waals surface area contributed by atoms with Gasteiger partial charge >= 0.3 is 0 Å².